The van der Waals surface area contributed by atoms with Crippen LogP contribution in [0, 0.1) is 0 Å². The molecule has 0 bridgehead atoms. The SMILES string of the molecule is CCCc1cccc(=O)[nH]1. The Morgan fingerprint density at radius 3 is 2.90 bits per heavy atom. The first-order valence-electron chi connectivity index (χ1n) is 3.51. The molecular weight excluding hydrogens is 126 g/mol. The smallest absolute Gasteiger partial charge is 0.248 e. The van der Waals surface area contributed by atoms with E-state index in [0.717, 1.165) is 18.5 Å². The molecule has 2 heteroatoms. The minimum absolute atomic E-state index is 0.00838. The van der Waals surface area contributed by atoms with E-state index in [4.69, 9.17) is 0 Å². The summed E-state index contributed by atoms with van der Waals surface area (Å²) in [6.07, 6.45) is 2.02. The zero-order valence-corrected chi connectivity index (χ0v) is 6.05. The molecule has 2 nitrogen and oxygen atoms in total. The molecule has 1 N–H and O–H groups in total. The Balaban J connectivity index is 2.85. The molecule has 1 rings (SSSR count). The van der Waals surface area contributed by atoms with Gasteiger partial charge in [0.05, 0.1) is 0 Å². The minimum atomic E-state index is -0.00838. The molecule has 1 aromatic rings. The highest BCUT2D eigenvalue weighted by Gasteiger charge is 1.88. The number of nitrogens with one attached hydrogen (secondary N) is 1. The first-order valence-corrected chi connectivity index (χ1v) is 3.51. The number of aromatic nitrogens is 1. The number of aromatic amines is 1. The van der Waals surface area contributed by atoms with E-state index >= 15 is 0 Å². The molecular formula is C8H11NO. The largest absolute Gasteiger partial charge is 0.326 e. The van der Waals surface area contributed by atoms with E-state index in [2.05, 4.69) is 11.9 Å². The van der Waals surface area contributed by atoms with Crippen LogP contribution in [0.5, 0.6) is 0 Å². The van der Waals surface area contributed by atoms with E-state index < -0.39 is 0 Å². The third kappa shape index (κ3) is 1.72. The predicted molar refractivity (Wildman–Crippen MR) is 41.1 cm³/mol. The molecule has 10 heavy (non-hydrogen) atoms. The average Bonchev–Trinajstić information content (AvgIpc) is 1.88. The summed E-state index contributed by atoms with van der Waals surface area (Å²) in [6, 6.07) is 5.24. The van der Waals surface area contributed by atoms with E-state index in [0.29, 0.717) is 0 Å². The van der Waals surface area contributed by atoms with Crippen LogP contribution in [0.25, 0.3) is 0 Å². The Morgan fingerprint density at radius 2 is 2.30 bits per heavy atom. The van der Waals surface area contributed by atoms with Crippen LogP contribution in [-0.2, 0) is 6.42 Å². The van der Waals surface area contributed by atoms with Gasteiger partial charge in [-0.1, -0.05) is 19.4 Å². The normalized spacial score (nSPS) is 9.70. The van der Waals surface area contributed by atoms with Crippen molar-refractivity contribution < 1.29 is 0 Å². The Kier molecular flexibility index (Phi) is 2.26. The van der Waals surface area contributed by atoms with Gasteiger partial charge in [-0.3, -0.25) is 4.79 Å². The maximum absolute atomic E-state index is 10.7. The van der Waals surface area contributed by atoms with Gasteiger partial charge in [0.2, 0.25) is 5.56 Å². The lowest BCUT2D eigenvalue weighted by atomic mass is 10.2. The summed E-state index contributed by atoms with van der Waals surface area (Å²) in [7, 11) is 0. The molecule has 0 spiro atoms. The summed E-state index contributed by atoms with van der Waals surface area (Å²) in [5, 5.41) is 0. The Bertz CT molecular complexity index is 251. The average molecular weight is 137 g/mol. The van der Waals surface area contributed by atoms with Crippen molar-refractivity contribution in [2.45, 2.75) is 19.8 Å². The molecule has 0 aliphatic heterocycles. The van der Waals surface area contributed by atoms with E-state index in [9.17, 15) is 4.79 Å². The number of pyridine rings is 1. The fourth-order valence-electron chi connectivity index (χ4n) is 0.908. The fourth-order valence-corrected chi connectivity index (χ4v) is 0.908. The summed E-state index contributed by atoms with van der Waals surface area (Å²) in [5.74, 6) is 0. The molecule has 0 radical (unpaired) electrons. The van der Waals surface area contributed by atoms with Crippen molar-refractivity contribution in [3.8, 4) is 0 Å². The van der Waals surface area contributed by atoms with Crippen LogP contribution in [0.2, 0.25) is 0 Å². The van der Waals surface area contributed by atoms with Crippen LogP contribution in [-0.4, -0.2) is 4.98 Å². The summed E-state index contributed by atoms with van der Waals surface area (Å²) in [4.78, 5) is 13.5. The van der Waals surface area contributed by atoms with Crippen molar-refractivity contribution in [2.75, 3.05) is 0 Å². The zero-order chi connectivity index (χ0) is 7.40. The van der Waals surface area contributed by atoms with Crippen molar-refractivity contribution in [2.24, 2.45) is 0 Å². The molecule has 0 aromatic carbocycles. The van der Waals surface area contributed by atoms with Crippen LogP contribution >= 0.6 is 0 Å². The van der Waals surface area contributed by atoms with Crippen molar-refractivity contribution >= 4 is 0 Å². The molecule has 54 valence electrons. The number of hydrogen-bond acceptors (Lipinski definition) is 1. The Morgan fingerprint density at radius 1 is 1.50 bits per heavy atom. The molecule has 0 aliphatic rings. The quantitative estimate of drug-likeness (QED) is 0.655. The summed E-state index contributed by atoms with van der Waals surface area (Å²) >= 11 is 0. The number of rotatable bonds is 2. The van der Waals surface area contributed by atoms with Gasteiger partial charge < -0.3 is 4.98 Å². The maximum atomic E-state index is 10.7. The third-order valence-electron chi connectivity index (χ3n) is 1.35. The van der Waals surface area contributed by atoms with Crippen LogP contribution in [0.15, 0.2) is 23.0 Å². The number of hydrogen-bond donors (Lipinski definition) is 1. The fraction of sp³-hybridized carbons (Fsp3) is 0.375. The van der Waals surface area contributed by atoms with Crippen LogP contribution < -0.4 is 5.56 Å². The highest BCUT2D eigenvalue weighted by molar-refractivity contribution is 5.03. The first-order chi connectivity index (χ1) is 4.83. The number of H-pyrrole nitrogens is 1. The molecule has 1 aromatic heterocycles. The maximum Gasteiger partial charge on any atom is 0.248 e. The lowest BCUT2D eigenvalue weighted by Gasteiger charge is -1.94. The highest BCUT2D eigenvalue weighted by Crippen LogP contribution is 1.93. The molecule has 0 unspecified atom stereocenters. The molecule has 1 heterocycles. The topological polar surface area (TPSA) is 32.9 Å². The van der Waals surface area contributed by atoms with Crippen molar-refractivity contribution in [1.82, 2.24) is 4.98 Å². The number of aryl methyl sites for hydroxylation is 1. The monoisotopic (exact) mass is 137 g/mol. The second kappa shape index (κ2) is 3.20. The molecule has 0 saturated heterocycles. The second-order valence-corrected chi connectivity index (χ2v) is 2.29. The lowest BCUT2D eigenvalue weighted by molar-refractivity contribution is 0.875. The van der Waals surface area contributed by atoms with Crippen LogP contribution in [0.1, 0.15) is 19.0 Å². The first kappa shape index (κ1) is 7.06. The third-order valence-corrected chi connectivity index (χ3v) is 1.35. The van der Waals surface area contributed by atoms with E-state index in [1.54, 1.807) is 6.07 Å². The second-order valence-electron chi connectivity index (χ2n) is 2.29. The zero-order valence-electron chi connectivity index (χ0n) is 6.05. The molecule has 0 amide bonds. The van der Waals surface area contributed by atoms with E-state index in [-0.39, 0.29) is 5.56 Å². The molecule has 0 saturated carbocycles. The molecule has 0 atom stereocenters. The van der Waals surface area contributed by atoms with Gasteiger partial charge in [0.15, 0.2) is 0 Å². The van der Waals surface area contributed by atoms with Gasteiger partial charge in [0, 0.05) is 11.8 Å². The van der Waals surface area contributed by atoms with E-state index in [1.165, 1.54) is 6.07 Å². The predicted octanol–water partition coefficient (Wildman–Crippen LogP) is 1.33. The van der Waals surface area contributed by atoms with Crippen molar-refractivity contribution in [3.63, 3.8) is 0 Å². The minimum Gasteiger partial charge on any atom is -0.326 e. The van der Waals surface area contributed by atoms with Gasteiger partial charge in [-0.15, -0.1) is 0 Å². The van der Waals surface area contributed by atoms with Gasteiger partial charge in [-0.25, -0.2) is 0 Å². The standard InChI is InChI=1S/C8H11NO/c1-2-4-7-5-3-6-8(10)9-7/h3,5-6H,2,4H2,1H3,(H,9,10). The Labute approximate surface area is 59.9 Å². The molecule has 0 aliphatic carbocycles. The van der Waals surface area contributed by atoms with E-state index in [1.807, 2.05) is 6.07 Å². The molecule has 0 fully saturated rings. The van der Waals surface area contributed by atoms with Gasteiger partial charge in [0.1, 0.15) is 0 Å². The van der Waals surface area contributed by atoms with Gasteiger partial charge in [-0.05, 0) is 12.5 Å². The van der Waals surface area contributed by atoms with Crippen molar-refractivity contribution in [3.05, 3.63) is 34.2 Å². The summed E-state index contributed by atoms with van der Waals surface area (Å²) in [5.41, 5.74) is 1.01. The highest BCUT2D eigenvalue weighted by atomic mass is 16.1. The summed E-state index contributed by atoms with van der Waals surface area (Å²) < 4.78 is 0. The van der Waals surface area contributed by atoms with Crippen LogP contribution in [0.4, 0.5) is 0 Å². The Hall–Kier alpha value is -1.05. The lowest BCUT2D eigenvalue weighted by Crippen LogP contribution is -2.05. The van der Waals surface area contributed by atoms with Crippen LogP contribution in [0.3, 0.4) is 0 Å². The van der Waals surface area contributed by atoms with Gasteiger partial charge >= 0.3 is 0 Å². The van der Waals surface area contributed by atoms with Crippen molar-refractivity contribution in [1.29, 1.82) is 0 Å². The van der Waals surface area contributed by atoms with Gasteiger partial charge in [-0.2, -0.15) is 0 Å². The van der Waals surface area contributed by atoms with Gasteiger partial charge in [0.25, 0.3) is 0 Å². The summed E-state index contributed by atoms with van der Waals surface area (Å²) in [6.45, 7) is 2.09.